The zero-order valence-electron chi connectivity index (χ0n) is 9.39. The van der Waals surface area contributed by atoms with Crippen LogP contribution in [0.1, 0.15) is 15.9 Å². The summed E-state index contributed by atoms with van der Waals surface area (Å²) in [6, 6.07) is 13.5. The largest absolute Gasteiger partial charge is 0.328 e. The van der Waals surface area contributed by atoms with Gasteiger partial charge in [0.25, 0.3) is 0 Å². The fraction of sp³-hybridized carbons (Fsp3) is 0. The van der Waals surface area contributed by atoms with Gasteiger partial charge in [0, 0.05) is 16.1 Å². The molecule has 0 unspecified atom stereocenters. The molecule has 0 saturated carbocycles. The van der Waals surface area contributed by atoms with Crippen LogP contribution in [-0.4, -0.2) is 12.2 Å². The first-order chi connectivity index (χ1) is 8.72. The molecule has 1 N–H and O–H groups in total. The Hall–Kier alpha value is -2.13. The maximum Gasteiger partial charge on any atom is 0.211 e. The van der Waals surface area contributed by atoms with Crippen molar-refractivity contribution in [3.8, 4) is 0 Å². The molecule has 0 aliphatic rings. The van der Waals surface area contributed by atoms with Gasteiger partial charge >= 0.3 is 0 Å². The molecule has 2 aromatic carbocycles. The van der Waals surface area contributed by atoms with Crippen molar-refractivity contribution in [1.82, 2.24) is 0 Å². The number of benzene rings is 2. The van der Waals surface area contributed by atoms with Gasteiger partial charge in [-0.1, -0.05) is 23.7 Å². The van der Waals surface area contributed by atoms with Crippen LogP contribution >= 0.6 is 11.6 Å². The Morgan fingerprint density at radius 1 is 1.06 bits per heavy atom. The lowest BCUT2D eigenvalue weighted by Crippen LogP contribution is -2.06. The summed E-state index contributed by atoms with van der Waals surface area (Å²) in [5.74, 6) is -0.156. The number of carbonyl (C=O) groups is 2. The van der Waals surface area contributed by atoms with E-state index < -0.39 is 0 Å². The molecule has 0 aromatic heterocycles. The standard InChI is InChI=1S/C14H10ClNO2/c15-11-7-5-10(6-8-11)14(18)12-3-1-2-4-13(12)16-9-17/h1-9H,(H,16,17). The summed E-state index contributed by atoms with van der Waals surface area (Å²) in [7, 11) is 0. The van der Waals surface area contributed by atoms with Gasteiger partial charge in [-0.05, 0) is 36.4 Å². The predicted octanol–water partition coefficient (Wildman–Crippen LogP) is 3.14. The normalized spacial score (nSPS) is 9.83. The van der Waals surface area contributed by atoms with Gasteiger partial charge in [0.1, 0.15) is 0 Å². The molecular weight excluding hydrogens is 250 g/mol. The summed E-state index contributed by atoms with van der Waals surface area (Å²) in [6.07, 6.45) is 0.550. The maximum atomic E-state index is 12.3. The molecule has 3 nitrogen and oxygen atoms in total. The quantitative estimate of drug-likeness (QED) is 0.677. The number of ketones is 1. The smallest absolute Gasteiger partial charge is 0.211 e. The zero-order chi connectivity index (χ0) is 13.0. The van der Waals surface area contributed by atoms with E-state index in [9.17, 15) is 9.59 Å². The SMILES string of the molecule is O=CNc1ccccc1C(=O)c1ccc(Cl)cc1. The number of carbonyl (C=O) groups excluding carboxylic acids is 2. The molecule has 0 radical (unpaired) electrons. The number of anilines is 1. The molecule has 2 aromatic rings. The van der Waals surface area contributed by atoms with Crippen LogP contribution in [0.4, 0.5) is 5.69 Å². The van der Waals surface area contributed by atoms with Crippen molar-refractivity contribution in [3.63, 3.8) is 0 Å². The summed E-state index contributed by atoms with van der Waals surface area (Å²) >= 11 is 5.77. The van der Waals surface area contributed by atoms with E-state index in [1.165, 1.54) is 0 Å². The number of hydrogen-bond acceptors (Lipinski definition) is 2. The van der Waals surface area contributed by atoms with E-state index in [0.717, 1.165) is 0 Å². The lowest BCUT2D eigenvalue weighted by molar-refractivity contribution is -0.105. The van der Waals surface area contributed by atoms with E-state index in [0.29, 0.717) is 28.2 Å². The first-order valence-corrected chi connectivity index (χ1v) is 5.69. The highest BCUT2D eigenvalue weighted by atomic mass is 35.5. The second-order valence-electron chi connectivity index (χ2n) is 3.64. The first kappa shape index (κ1) is 12.3. The summed E-state index contributed by atoms with van der Waals surface area (Å²) in [5.41, 5.74) is 1.47. The minimum atomic E-state index is -0.156. The highest BCUT2D eigenvalue weighted by molar-refractivity contribution is 6.30. The van der Waals surface area contributed by atoms with Gasteiger partial charge in [0.2, 0.25) is 6.41 Å². The minimum Gasteiger partial charge on any atom is -0.328 e. The van der Waals surface area contributed by atoms with Gasteiger partial charge in [-0.3, -0.25) is 9.59 Å². The molecule has 0 saturated heterocycles. The van der Waals surface area contributed by atoms with Crippen molar-refractivity contribution >= 4 is 29.5 Å². The number of halogens is 1. The monoisotopic (exact) mass is 259 g/mol. The van der Waals surface area contributed by atoms with Crippen molar-refractivity contribution in [2.45, 2.75) is 0 Å². The number of rotatable bonds is 4. The van der Waals surface area contributed by atoms with Crippen molar-refractivity contribution in [2.24, 2.45) is 0 Å². The number of nitrogens with one attached hydrogen (secondary N) is 1. The van der Waals surface area contributed by atoms with Gasteiger partial charge in [-0.2, -0.15) is 0 Å². The Kier molecular flexibility index (Phi) is 3.75. The summed E-state index contributed by atoms with van der Waals surface area (Å²) in [6.45, 7) is 0. The third kappa shape index (κ3) is 2.57. The first-order valence-electron chi connectivity index (χ1n) is 5.32. The third-order valence-electron chi connectivity index (χ3n) is 2.49. The maximum absolute atomic E-state index is 12.3. The topological polar surface area (TPSA) is 46.2 Å². The Balaban J connectivity index is 2.39. The fourth-order valence-electron chi connectivity index (χ4n) is 1.63. The van der Waals surface area contributed by atoms with Crippen LogP contribution in [0.2, 0.25) is 5.02 Å². The van der Waals surface area contributed by atoms with Crippen LogP contribution in [0.25, 0.3) is 0 Å². The Morgan fingerprint density at radius 2 is 1.72 bits per heavy atom. The lowest BCUT2D eigenvalue weighted by atomic mass is 10.0. The van der Waals surface area contributed by atoms with Gasteiger partial charge in [-0.25, -0.2) is 0 Å². The Morgan fingerprint density at radius 3 is 2.39 bits per heavy atom. The lowest BCUT2D eigenvalue weighted by Gasteiger charge is -2.07. The Labute approximate surface area is 109 Å². The summed E-state index contributed by atoms with van der Waals surface area (Å²) in [4.78, 5) is 22.7. The van der Waals surface area contributed by atoms with Crippen molar-refractivity contribution in [1.29, 1.82) is 0 Å². The fourth-order valence-corrected chi connectivity index (χ4v) is 1.75. The van der Waals surface area contributed by atoms with Crippen LogP contribution in [0.15, 0.2) is 48.5 Å². The molecule has 0 bridgehead atoms. The van der Waals surface area contributed by atoms with E-state index in [2.05, 4.69) is 5.32 Å². The molecule has 0 fully saturated rings. The molecular formula is C14H10ClNO2. The van der Waals surface area contributed by atoms with Crippen molar-refractivity contribution < 1.29 is 9.59 Å². The van der Waals surface area contributed by atoms with E-state index in [1.807, 2.05) is 0 Å². The average Bonchev–Trinajstić information content (AvgIpc) is 2.40. The molecule has 1 amide bonds. The van der Waals surface area contributed by atoms with Gasteiger partial charge in [-0.15, -0.1) is 0 Å². The molecule has 90 valence electrons. The second-order valence-corrected chi connectivity index (χ2v) is 4.08. The molecule has 0 atom stereocenters. The van der Waals surface area contributed by atoms with Gasteiger partial charge in [0.15, 0.2) is 5.78 Å². The van der Waals surface area contributed by atoms with Crippen molar-refractivity contribution in [2.75, 3.05) is 5.32 Å². The van der Waals surface area contributed by atoms with E-state index >= 15 is 0 Å². The average molecular weight is 260 g/mol. The summed E-state index contributed by atoms with van der Waals surface area (Å²) in [5, 5.41) is 3.09. The number of para-hydroxylation sites is 1. The molecule has 0 aliphatic heterocycles. The van der Waals surface area contributed by atoms with Gasteiger partial charge in [0.05, 0.1) is 5.69 Å². The third-order valence-corrected chi connectivity index (χ3v) is 2.74. The van der Waals surface area contributed by atoms with Crippen LogP contribution in [0.3, 0.4) is 0 Å². The zero-order valence-corrected chi connectivity index (χ0v) is 10.1. The molecule has 18 heavy (non-hydrogen) atoms. The van der Waals surface area contributed by atoms with Crippen LogP contribution in [0, 0.1) is 0 Å². The molecule has 2 rings (SSSR count). The van der Waals surface area contributed by atoms with Crippen molar-refractivity contribution in [3.05, 3.63) is 64.7 Å². The molecule has 0 spiro atoms. The minimum absolute atomic E-state index is 0.156. The Bertz CT molecular complexity index is 579. The predicted molar refractivity (Wildman–Crippen MR) is 71.0 cm³/mol. The highest BCUT2D eigenvalue weighted by Crippen LogP contribution is 2.19. The number of amides is 1. The van der Waals surface area contributed by atoms with E-state index in [-0.39, 0.29) is 5.78 Å². The van der Waals surface area contributed by atoms with Crippen LogP contribution in [-0.2, 0) is 4.79 Å². The van der Waals surface area contributed by atoms with E-state index in [1.54, 1.807) is 48.5 Å². The second kappa shape index (κ2) is 5.47. The highest BCUT2D eigenvalue weighted by Gasteiger charge is 2.12. The summed E-state index contributed by atoms with van der Waals surface area (Å²) < 4.78 is 0. The molecule has 0 aliphatic carbocycles. The van der Waals surface area contributed by atoms with Crippen LogP contribution < -0.4 is 5.32 Å². The number of hydrogen-bond donors (Lipinski definition) is 1. The van der Waals surface area contributed by atoms with Gasteiger partial charge < -0.3 is 5.32 Å². The van der Waals surface area contributed by atoms with E-state index in [4.69, 9.17) is 11.6 Å². The van der Waals surface area contributed by atoms with Crippen LogP contribution in [0.5, 0.6) is 0 Å². The molecule has 4 heteroatoms. The molecule has 0 heterocycles.